The highest BCUT2D eigenvalue weighted by atomic mass is 32.1. The smallest absolute Gasteiger partial charge is 0.264 e. The van der Waals surface area contributed by atoms with Crippen LogP contribution in [0.2, 0.25) is 0 Å². The molecule has 4 nitrogen and oxygen atoms in total. The second kappa shape index (κ2) is 5.54. The third-order valence-electron chi connectivity index (χ3n) is 3.27. The fourth-order valence-electron chi connectivity index (χ4n) is 2.29. The molecule has 1 aromatic carbocycles. The molecular weight excluding hydrogens is 274 g/mol. The number of para-hydroxylation sites is 1. The minimum Gasteiger partial charge on any atom is -0.507 e. The Balaban J connectivity index is 1.61. The highest BCUT2D eigenvalue weighted by molar-refractivity contribution is 7.12. The maximum Gasteiger partial charge on any atom is 0.264 e. The van der Waals surface area contributed by atoms with E-state index in [1.807, 2.05) is 30.3 Å². The molecule has 1 N–H and O–H groups in total. The van der Waals surface area contributed by atoms with Crippen molar-refractivity contribution in [2.45, 2.75) is 12.5 Å². The van der Waals surface area contributed by atoms with Crippen molar-refractivity contribution in [1.29, 1.82) is 0 Å². The molecule has 1 atom stereocenters. The van der Waals surface area contributed by atoms with Gasteiger partial charge in [-0.15, -0.1) is 11.3 Å². The zero-order valence-electron chi connectivity index (χ0n) is 10.9. The second-order valence-corrected chi connectivity index (χ2v) is 5.67. The zero-order chi connectivity index (χ0) is 13.9. The van der Waals surface area contributed by atoms with Gasteiger partial charge >= 0.3 is 0 Å². The van der Waals surface area contributed by atoms with Crippen LogP contribution >= 0.6 is 11.3 Å². The molecule has 1 aliphatic rings. The van der Waals surface area contributed by atoms with Crippen molar-refractivity contribution in [3.8, 4) is 11.5 Å². The van der Waals surface area contributed by atoms with Crippen molar-refractivity contribution in [1.82, 2.24) is 4.90 Å². The average molecular weight is 289 g/mol. The fraction of sp³-hybridized carbons (Fsp3) is 0.267. The minimum absolute atomic E-state index is 0.0329. The number of rotatable bonds is 3. The van der Waals surface area contributed by atoms with Gasteiger partial charge in [0.1, 0.15) is 17.6 Å². The van der Waals surface area contributed by atoms with Crippen molar-refractivity contribution in [2.75, 3.05) is 13.1 Å². The summed E-state index contributed by atoms with van der Waals surface area (Å²) in [4.78, 5) is 14.6. The number of nitrogens with zero attached hydrogens (tertiary/aromatic N) is 1. The highest BCUT2D eigenvalue weighted by Crippen LogP contribution is 2.24. The molecule has 0 bridgehead atoms. The summed E-state index contributed by atoms with van der Waals surface area (Å²) in [5.41, 5.74) is 0. The first-order valence-electron chi connectivity index (χ1n) is 6.51. The molecule has 0 unspecified atom stereocenters. The van der Waals surface area contributed by atoms with Crippen LogP contribution in [0.1, 0.15) is 16.1 Å². The molecule has 1 aliphatic heterocycles. The lowest BCUT2D eigenvalue weighted by Crippen LogP contribution is -2.30. The summed E-state index contributed by atoms with van der Waals surface area (Å²) in [6.45, 7) is 1.28. The quantitative estimate of drug-likeness (QED) is 0.945. The number of thiophene rings is 1. The van der Waals surface area contributed by atoms with Gasteiger partial charge in [0.15, 0.2) is 0 Å². The first-order chi connectivity index (χ1) is 9.72. The molecule has 5 heteroatoms. The van der Waals surface area contributed by atoms with E-state index < -0.39 is 0 Å². The summed E-state index contributed by atoms with van der Waals surface area (Å²) in [7, 11) is 0. The molecular formula is C15H15NO3S. The van der Waals surface area contributed by atoms with Crippen molar-refractivity contribution >= 4 is 17.2 Å². The predicted molar refractivity (Wildman–Crippen MR) is 77.4 cm³/mol. The molecule has 0 radical (unpaired) electrons. The van der Waals surface area contributed by atoms with Crippen LogP contribution in [0.4, 0.5) is 0 Å². The van der Waals surface area contributed by atoms with Crippen molar-refractivity contribution in [2.24, 2.45) is 0 Å². The number of benzene rings is 1. The Labute approximate surface area is 121 Å². The zero-order valence-corrected chi connectivity index (χ0v) is 11.7. The van der Waals surface area contributed by atoms with E-state index in [2.05, 4.69) is 0 Å². The van der Waals surface area contributed by atoms with Crippen LogP contribution in [-0.2, 0) is 0 Å². The Kier molecular flexibility index (Phi) is 3.60. The third kappa shape index (κ3) is 2.77. The number of aromatic hydroxyl groups is 1. The van der Waals surface area contributed by atoms with Gasteiger partial charge in [-0.3, -0.25) is 4.79 Å². The molecule has 104 valence electrons. The predicted octanol–water partition coefficient (Wildman–Crippen LogP) is 2.75. The topological polar surface area (TPSA) is 49.8 Å². The van der Waals surface area contributed by atoms with Crippen molar-refractivity contribution in [3.05, 3.63) is 46.7 Å². The lowest BCUT2D eigenvalue weighted by molar-refractivity contribution is 0.0777. The molecule has 0 aliphatic carbocycles. The molecule has 2 heterocycles. The molecule has 1 amide bonds. The summed E-state index contributed by atoms with van der Waals surface area (Å²) in [6, 6.07) is 11.2. The lowest BCUT2D eigenvalue weighted by Gasteiger charge is -2.16. The first-order valence-corrected chi connectivity index (χ1v) is 7.39. The van der Waals surface area contributed by atoms with Gasteiger partial charge in [-0.25, -0.2) is 0 Å². The van der Waals surface area contributed by atoms with Crippen LogP contribution < -0.4 is 4.74 Å². The number of amides is 1. The maximum atomic E-state index is 12.2. The molecule has 20 heavy (non-hydrogen) atoms. The number of carbonyl (C=O) groups excluding carboxylic acids is 1. The molecule has 0 spiro atoms. The summed E-state index contributed by atoms with van der Waals surface area (Å²) < 4.78 is 5.86. The second-order valence-electron chi connectivity index (χ2n) is 4.76. The molecule has 0 saturated carbocycles. The Morgan fingerprint density at radius 3 is 2.85 bits per heavy atom. The first kappa shape index (κ1) is 13.0. The minimum atomic E-state index is -0.0329. The molecule has 2 aromatic rings. The standard InChI is InChI=1S/C15H15NO3S/c17-11-8-14(20-10-11)15(18)16-7-6-13(9-16)19-12-4-2-1-3-5-12/h1-5,8,10,13,17H,6-7,9H2/t13-/m0/s1. The lowest BCUT2D eigenvalue weighted by atomic mass is 10.3. The van der Waals surface area contributed by atoms with Gasteiger partial charge in [-0.05, 0) is 12.1 Å². The molecule has 1 saturated heterocycles. The van der Waals surface area contributed by atoms with E-state index in [1.165, 1.54) is 17.4 Å². The number of ether oxygens (including phenoxy) is 1. The van der Waals surface area contributed by atoms with Gasteiger partial charge < -0.3 is 14.7 Å². The Hall–Kier alpha value is -2.01. The van der Waals surface area contributed by atoms with E-state index in [-0.39, 0.29) is 17.8 Å². The summed E-state index contributed by atoms with van der Waals surface area (Å²) >= 11 is 1.27. The third-order valence-corrected chi connectivity index (χ3v) is 4.18. The van der Waals surface area contributed by atoms with Crippen LogP contribution in [-0.4, -0.2) is 35.1 Å². The number of carbonyl (C=O) groups is 1. The van der Waals surface area contributed by atoms with E-state index in [0.29, 0.717) is 18.0 Å². The van der Waals surface area contributed by atoms with Crippen LogP contribution in [0, 0.1) is 0 Å². The Bertz CT molecular complexity index is 596. The number of likely N-dealkylation sites (tertiary alicyclic amines) is 1. The van der Waals surface area contributed by atoms with E-state index in [1.54, 1.807) is 10.3 Å². The van der Waals surface area contributed by atoms with Gasteiger partial charge in [0.2, 0.25) is 0 Å². The van der Waals surface area contributed by atoms with Crippen LogP contribution in [0.5, 0.6) is 11.5 Å². The normalized spacial score (nSPS) is 18.2. The van der Waals surface area contributed by atoms with E-state index in [0.717, 1.165) is 12.2 Å². The van der Waals surface area contributed by atoms with Gasteiger partial charge in [-0.1, -0.05) is 18.2 Å². The highest BCUT2D eigenvalue weighted by Gasteiger charge is 2.28. The monoisotopic (exact) mass is 289 g/mol. The fourth-order valence-corrected chi connectivity index (χ4v) is 3.03. The molecule has 1 aromatic heterocycles. The van der Waals surface area contributed by atoms with Crippen LogP contribution in [0.25, 0.3) is 0 Å². The summed E-state index contributed by atoms with van der Waals surface area (Å²) in [5.74, 6) is 0.949. The van der Waals surface area contributed by atoms with Gasteiger partial charge in [0.25, 0.3) is 5.91 Å². The van der Waals surface area contributed by atoms with E-state index >= 15 is 0 Å². The van der Waals surface area contributed by atoms with Crippen LogP contribution in [0.3, 0.4) is 0 Å². The van der Waals surface area contributed by atoms with Crippen LogP contribution in [0.15, 0.2) is 41.8 Å². The summed E-state index contributed by atoms with van der Waals surface area (Å²) in [6.07, 6.45) is 0.868. The molecule has 1 fully saturated rings. The number of hydrogen-bond acceptors (Lipinski definition) is 4. The Morgan fingerprint density at radius 2 is 2.15 bits per heavy atom. The SMILES string of the molecule is O=C(c1cc(O)cs1)N1CC[C@H](Oc2ccccc2)C1. The van der Waals surface area contributed by atoms with Crippen molar-refractivity contribution < 1.29 is 14.6 Å². The van der Waals surface area contributed by atoms with Crippen molar-refractivity contribution in [3.63, 3.8) is 0 Å². The maximum absolute atomic E-state index is 12.2. The largest absolute Gasteiger partial charge is 0.507 e. The molecule has 3 rings (SSSR count). The van der Waals surface area contributed by atoms with Gasteiger partial charge in [0, 0.05) is 24.4 Å². The van der Waals surface area contributed by atoms with Gasteiger partial charge in [0.05, 0.1) is 11.4 Å². The Morgan fingerprint density at radius 1 is 1.35 bits per heavy atom. The number of hydrogen-bond donors (Lipinski definition) is 1. The average Bonchev–Trinajstić information content (AvgIpc) is 3.08. The van der Waals surface area contributed by atoms with E-state index in [4.69, 9.17) is 4.74 Å². The van der Waals surface area contributed by atoms with E-state index in [9.17, 15) is 9.90 Å². The van der Waals surface area contributed by atoms with Gasteiger partial charge in [-0.2, -0.15) is 0 Å². The summed E-state index contributed by atoms with van der Waals surface area (Å²) in [5, 5.41) is 10.9.